The van der Waals surface area contributed by atoms with Crippen molar-refractivity contribution in [1.29, 1.82) is 0 Å². The normalized spacial score (nSPS) is 15.5. The van der Waals surface area contributed by atoms with Crippen LogP contribution in [-0.4, -0.2) is 28.4 Å². The predicted octanol–water partition coefficient (Wildman–Crippen LogP) is 3.16. The maximum absolute atomic E-state index is 12.4. The van der Waals surface area contributed by atoms with Gasteiger partial charge in [-0.25, -0.2) is 4.79 Å². The predicted molar refractivity (Wildman–Crippen MR) is 98.6 cm³/mol. The smallest absolute Gasteiger partial charge is 0.322 e. The van der Waals surface area contributed by atoms with Crippen LogP contribution in [0.2, 0.25) is 0 Å². The van der Waals surface area contributed by atoms with Crippen molar-refractivity contribution in [3.05, 3.63) is 59.4 Å². The quantitative estimate of drug-likeness (QED) is 0.870. The van der Waals surface area contributed by atoms with Gasteiger partial charge in [0, 0.05) is 30.5 Å². The third-order valence-corrected chi connectivity index (χ3v) is 4.91. The fourth-order valence-electron chi connectivity index (χ4n) is 3.15. The van der Waals surface area contributed by atoms with Crippen LogP contribution in [0.1, 0.15) is 40.9 Å². The lowest BCUT2D eigenvalue weighted by molar-refractivity contribution is 0.0952. The molecule has 2 heterocycles. The molecule has 2 N–H and O–H groups in total. The Morgan fingerprint density at radius 1 is 1.12 bits per heavy atom. The lowest BCUT2D eigenvalue weighted by Gasteiger charge is -2.16. The van der Waals surface area contributed by atoms with E-state index in [1.165, 1.54) is 12.8 Å². The number of aromatic nitrogens is 1. The number of nitrogens with zero attached hydrogens (tertiary/aromatic N) is 2. The lowest BCUT2D eigenvalue weighted by Crippen LogP contribution is -2.30. The van der Waals surface area contributed by atoms with E-state index in [1.54, 1.807) is 35.4 Å². The number of rotatable bonds is 5. The average Bonchev–Trinajstić information content (AvgIpc) is 3.37. The summed E-state index contributed by atoms with van der Waals surface area (Å²) in [5.74, 6) is 0.740. The monoisotopic (exact) mass is 350 g/mol. The molecule has 0 bridgehead atoms. The number of hydrogen-bond donors (Lipinski definition) is 2. The Hall–Kier alpha value is -2.89. The summed E-state index contributed by atoms with van der Waals surface area (Å²) in [5, 5.41) is 5.82. The lowest BCUT2D eigenvalue weighted by atomic mass is 10.2. The molecule has 4 rings (SSSR count). The highest BCUT2D eigenvalue weighted by molar-refractivity contribution is 5.95. The largest absolute Gasteiger partial charge is 0.352 e. The summed E-state index contributed by atoms with van der Waals surface area (Å²) in [4.78, 5) is 30.5. The summed E-state index contributed by atoms with van der Waals surface area (Å²) in [6, 6.07) is 10.7. The Labute approximate surface area is 152 Å². The summed E-state index contributed by atoms with van der Waals surface area (Å²) >= 11 is 0. The van der Waals surface area contributed by atoms with Gasteiger partial charge in [-0.15, -0.1) is 0 Å². The van der Waals surface area contributed by atoms with Crippen molar-refractivity contribution in [1.82, 2.24) is 15.2 Å². The third-order valence-electron chi connectivity index (χ3n) is 4.91. The van der Waals surface area contributed by atoms with Crippen molar-refractivity contribution in [2.45, 2.75) is 32.4 Å². The zero-order valence-electron chi connectivity index (χ0n) is 14.6. The second kappa shape index (κ2) is 7.15. The first-order chi connectivity index (χ1) is 12.7. The van der Waals surface area contributed by atoms with Gasteiger partial charge in [0.25, 0.3) is 5.91 Å². The highest BCUT2D eigenvalue weighted by Gasteiger charge is 2.24. The molecule has 1 fully saturated rings. The summed E-state index contributed by atoms with van der Waals surface area (Å²) in [7, 11) is 0. The second-order valence-electron chi connectivity index (χ2n) is 6.96. The standard InChI is InChI=1S/C20H22N4O2/c25-19(22-11-9-14-3-4-14)15-5-7-17(8-6-15)23-20(26)24-12-16-2-1-10-21-18(16)13-24/h1-2,5-8,10,14H,3-4,9,11-13H2,(H,22,25)(H,23,26). The topological polar surface area (TPSA) is 74.3 Å². The Kier molecular flexibility index (Phi) is 4.56. The summed E-state index contributed by atoms with van der Waals surface area (Å²) in [6.07, 6.45) is 5.40. The zero-order chi connectivity index (χ0) is 17.9. The number of carbonyl (C=O) groups is 2. The van der Waals surface area contributed by atoms with Crippen LogP contribution in [-0.2, 0) is 13.1 Å². The van der Waals surface area contributed by atoms with Gasteiger partial charge in [0.15, 0.2) is 0 Å². The van der Waals surface area contributed by atoms with E-state index in [1.807, 2.05) is 12.1 Å². The van der Waals surface area contributed by atoms with Crippen LogP contribution in [0.15, 0.2) is 42.6 Å². The van der Waals surface area contributed by atoms with E-state index in [0.29, 0.717) is 24.3 Å². The molecule has 6 nitrogen and oxygen atoms in total. The summed E-state index contributed by atoms with van der Waals surface area (Å²) in [5.41, 5.74) is 3.31. The fraction of sp³-hybridized carbons (Fsp3) is 0.350. The average molecular weight is 350 g/mol. The minimum Gasteiger partial charge on any atom is -0.352 e. The van der Waals surface area contributed by atoms with Crippen molar-refractivity contribution in [3.8, 4) is 0 Å². The molecule has 1 aromatic heterocycles. The van der Waals surface area contributed by atoms with E-state index in [0.717, 1.165) is 30.1 Å². The van der Waals surface area contributed by atoms with Crippen LogP contribution >= 0.6 is 0 Å². The number of fused-ring (bicyclic) bond motifs is 1. The zero-order valence-corrected chi connectivity index (χ0v) is 14.6. The second-order valence-corrected chi connectivity index (χ2v) is 6.96. The van der Waals surface area contributed by atoms with Gasteiger partial charge in [0.1, 0.15) is 0 Å². The van der Waals surface area contributed by atoms with Crippen molar-refractivity contribution in [2.24, 2.45) is 5.92 Å². The minimum absolute atomic E-state index is 0.0652. The van der Waals surface area contributed by atoms with Gasteiger partial charge >= 0.3 is 6.03 Å². The molecular weight excluding hydrogens is 328 g/mol. The van der Waals surface area contributed by atoms with Gasteiger partial charge in [-0.3, -0.25) is 9.78 Å². The number of carbonyl (C=O) groups excluding carboxylic acids is 2. The maximum Gasteiger partial charge on any atom is 0.322 e. The molecule has 3 amide bonds. The van der Waals surface area contributed by atoms with Gasteiger partial charge in [0.2, 0.25) is 0 Å². The molecule has 1 aliphatic carbocycles. The number of benzene rings is 1. The van der Waals surface area contributed by atoms with Gasteiger partial charge in [0.05, 0.1) is 12.2 Å². The first-order valence-corrected chi connectivity index (χ1v) is 9.06. The van der Waals surface area contributed by atoms with Crippen molar-refractivity contribution in [3.63, 3.8) is 0 Å². The minimum atomic E-state index is -0.162. The van der Waals surface area contributed by atoms with E-state index in [4.69, 9.17) is 0 Å². The van der Waals surface area contributed by atoms with Crippen LogP contribution in [0.5, 0.6) is 0 Å². The van der Waals surface area contributed by atoms with Crippen LogP contribution in [0.25, 0.3) is 0 Å². The molecule has 2 aliphatic rings. The molecule has 0 saturated heterocycles. The fourth-order valence-corrected chi connectivity index (χ4v) is 3.15. The molecule has 6 heteroatoms. The van der Waals surface area contributed by atoms with E-state index in [-0.39, 0.29) is 11.9 Å². The van der Waals surface area contributed by atoms with Gasteiger partial charge in [-0.1, -0.05) is 18.9 Å². The molecule has 1 aromatic carbocycles. The molecule has 1 saturated carbocycles. The van der Waals surface area contributed by atoms with Crippen LogP contribution in [0.4, 0.5) is 10.5 Å². The summed E-state index contributed by atoms with van der Waals surface area (Å²) < 4.78 is 0. The van der Waals surface area contributed by atoms with Gasteiger partial charge in [-0.2, -0.15) is 0 Å². The van der Waals surface area contributed by atoms with Gasteiger partial charge in [-0.05, 0) is 48.2 Å². The molecule has 0 unspecified atom stereocenters. The number of hydrogen-bond acceptors (Lipinski definition) is 3. The van der Waals surface area contributed by atoms with Crippen LogP contribution in [0.3, 0.4) is 0 Å². The van der Waals surface area contributed by atoms with Crippen LogP contribution in [0, 0.1) is 5.92 Å². The molecular formula is C20H22N4O2. The molecule has 26 heavy (non-hydrogen) atoms. The van der Waals surface area contributed by atoms with Crippen molar-refractivity contribution >= 4 is 17.6 Å². The Bertz CT molecular complexity index is 790. The number of pyridine rings is 1. The van der Waals surface area contributed by atoms with E-state index in [9.17, 15) is 9.59 Å². The highest BCUT2D eigenvalue weighted by atomic mass is 16.2. The van der Waals surface area contributed by atoms with E-state index >= 15 is 0 Å². The molecule has 2 aromatic rings. The first-order valence-electron chi connectivity index (χ1n) is 9.06. The maximum atomic E-state index is 12.4. The van der Waals surface area contributed by atoms with Gasteiger partial charge < -0.3 is 15.5 Å². The first kappa shape index (κ1) is 16.6. The van der Waals surface area contributed by atoms with Crippen molar-refractivity contribution < 1.29 is 9.59 Å². The molecule has 0 radical (unpaired) electrons. The SMILES string of the molecule is O=C(NCCC1CC1)c1ccc(NC(=O)N2Cc3cccnc3C2)cc1. The van der Waals surface area contributed by atoms with E-state index in [2.05, 4.69) is 15.6 Å². The Balaban J connectivity index is 1.29. The molecule has 134 valence electrons. The molecule has 0 atom stereocenters. The number of amides is 3. The van der Waals surface area contributed by atoms with Crippen molar-refractivity contribution in [2.75, 3.05) is 11.9 Å². The van der Waals surface area contributed by atoms with E-state index < -0.39 is 0 Å². The molecule has 0 spiro atoms. The number of urea groups is 1. The van der Waals surface area contributed by atoms with Crippen LogP contribution < -0.4 is 10.6 Å². The molecule has 1 aliphatic heterocycles. The highest BCUT2D eigenvalue weighted by Crippen LogP contribution is 2.31. The number of nitrogens with one attached hydrogen (secondary N) is 2. The Morgan fingerprint density at radius 3 is 2.65 bits per heavy atom. The Morgan fingerprint density at radius 2 is 1.92 bits per heavy atom. The number of anilines is 1. The third kappa shape index (κ3) is 3.85. The summed E-state index contributed by atoms with van der Waals surface area (Å²) in [6.45, 7) is 1.81.